The molecule has 0 aliphatic heterocycles. The van der Waals surface area contributed by atoms with Crippen molar-refractivity contribution in [2.45, 2.75) is 11.4 Å². The molecule has 0 amide bonds. The third kappa shape index (κ3) is 2.72. The second kappa shape index (κ2) is 5.55. The summed E-state index contributed by atoms with van der Waals surface area (Å²) < 4.78 is 44.3. The maximum Gasteiger partial charge on any atom is 0.268 e. The molecule has 0 atom stereocenters. The third-order valence-electron chi connectivity index (χ3n) is 2.72. The Bertz CT molecular complexity index is 730. The van der Waals surface area contributed by atoms with Crippen molar-refractivity contribution in [1.82, 2.24) is 0 Å². The van der Waals surface area contributed by atoms with Crippen LogP contribution in [0.15, 0.2) is 44.3 Å². The maximum absolute atomic E-state index is 13.2. The van der Waals surface area contributed by atoms with Crippen molar-refractivity contribution >= 4 is 31.6 Å². The zero-order valence-corrected chi connectivity index (χ0v) is 12.9. The number of benzene rings is 1. The molecule has 0 fully saturated rings. The van der Waals surface area contributed by atoms with E-state index in [0.29, 0.717) is 5.76 Å². The summed E-state index contributed by atoms with van der Waals surface area (Å²) in [5.41, 5.74) is 5.62. The van der Waals surface area contributed by atoms with Crippen LogP contribution in [0, 0.1) is 5.82 Å². The van der Waals surface area contributed by atoms with Gasteiger partial charge in [-0.05, 0) is 34.1 Å². The molecule has 0 saturated carbocycles. The van der Waals surface area contributed by atoms with Gasteiger partial charge in [-0.1, -0.05) is 6.07 Å². The van der Waals surface area contributed by atoms with E-state index in [1.54, 1.807) is 0 Å². The highest BCUT2D eigenvalue weighted by molar-refractivity contribution is 9.10. The number of hydrogen-bond acceptors (Lipinski definition) is 4. The summed E-state index contributed by atoms with van der Waals surface area (Å²) >= 11 is 3.05. The Hall–Kier alpha value is -1.38. The van der Waals surface area contributed by atoms with Gasteiger partial charge in [0.2, 0.25) is 0 Å². The minimum Gasteiger partial charge on any atom is -0.452 e. The minimum atomic E-state index is -3.86. The van der Waals surface area contributed by atoms with E-state index in [4.69, 9.17) is 10.2 Å². The number of nitrogens with two attached hydrogens (primary N) is 1. The number of anilines is 1. The van der Waals surface area contributed by atoms with Crippen molar-refractivity contribution in [3.05, 3.63) is 46.6 Å². The highest BCUT2D eigenvalue weighted by atomic mass is 79.9. The molecular formula is C12H12BrFN2O3S. The van der Waals surface area contributed by atoms with Gasteiger partial charge in [0.1, 0.15) is 16.5 Å². The van der Waals surface area contributed by atoms with E-state index >= 15 is 0 Å². The first-order chi connectivity index (χ1) is 9.36. The van der Waals surface area contributed by atoms with Crippen LogP contribution in [0.3, 0.4) is 0 Å². The Labute approximate surface area is 124 Å². The van der Waals surface area contributed by atoms with Crippen LogP contribution in [0.25, 0.3) is 0 Å². The largest absolute Gasteiger partial charge is 0.452 e. The molecule has 0 saturated heterocycles. The second-order valence-electron chi connectivity index (χ2n) is 4.01. The van der Waals surface area contributed by atoms with Gasteiger partial charge in [0.05, 0.1) is 12.2 Å². The summed E-state index contributed by atoms with van der Waals surface area (Å²) in [7, 11) is -2.52. The summed E-state index contributed by atoms with van der Waals surface area (Å²) in [4.78, 5) is -0.0512. The summed E-state index contributed by atoms with van der Waals surface area (Å²) in [6.45, 7) is 0.0812. The van der Waals surface area contributed by atoms with Crippen LogP contribution in [0.5, 0.6) is 0 Å². The number of hydrogen-bond donors (Lipinski definition) is 1. The molecule has 1 aromatic heterocycles. The summed E-state index contributed by atoms with van der Waals surface area (Å²) in [5.74, 6) is -0.179. The molecule has 0 aliphatic carbocycles. The highest BCUT2D eigenvalue weighted by Gasteiger charge is 2.27. The van der Waals surface area contributed by atoms with E-state index in [2.05, 4.69) is 15.9 Å². The van der Waals surface area contributed by atoms with Crippen molar-refractivity contribution in [1.29, 1.82) is 0 Å². The van der Waals surface area contributed by atoms with E-state index < -0.39 is 15.8 Å². The Kier molecular flexibility index (Phi) is 4.17. The van der Waals surface area contributed by atoms with Gasteiger partial charge in [0.15, 0.2) is 4.67 Å². The predicted octanol–water partition coefficient (Wildman–Crippen LogP) is 2.46. The molecule has 0 radical (unpaired) electrons. The molecule has 108 valence electrons. The summed E-state index contributed by atoms with van der Waals surface area (Å²) in [6.07, 6.45) is 0. The lowest BCUT2D eigenvalue weighted by Crippen LogP contribution is -2.26. The predicted molar refractivity (Wildman–Crippen MR) is 76.3 cm³/mol. The molecular weight excluding hydrogens is 351 g/mol. The van der Waals surface area contributed by atoms with E-state index in [9.17, 15) is 12.8 Å². The van der Waals surface area contributed by atoms with Crippen LogP contribution in [0.1, 0.15) is 5.76 Å². The molecule has 1 aromatic carbocycles. The Morgan fingerprint density at radius 2 is 2.10 bits per heavy atom. The van der Waals surface area contributed by atoms with Gasteiger partial charge in [0, 0.05) is 13.1 Å². The molecule has 5 nitrogen and oxygen atoms in total. The number of nitrogens with zero attached hydrogens (tertiary/aromatic N) is 1. The maximum atomic E-state index is 13.2. The molecule has 2 rings (SSSR count). The first kappa shape index (κ1) is 15.0. The van der Waals surface area contributed by atoms with Crippen molar-refractivity contribution in [2.75, 3.05) is 11.4 Å². The number of rotatable bonds is 4. The average Bonchev–Trinajstić information content (AvgIpc) is 2.80. The molecule has 2 aromatic rings. The minimum absolute atomic E-state index is 0.0512. The van der Waals surface area contributed by atoms with E-state index in [1.807, 2.05) is 0 Å². The fourth-order valence-corrected chi connectivity index (χ4v) is 3.78. The first-order valence-corrected chi connectivity index (χ1v) is 7.82. The fourth-order valence-electron chi connectivity index (χ4n) is 1.63. The second-order valence-corrected chi connectivity index (χ2v) is 6.67. The number of halogens is 2. The zero-order chi connectivity index (χ0) is 14.9. The third-order valence-corrected chi connectivity index (χ3v) is 5.36. The van der Waals surface area contributed by atoms with Gasteiger partial charge >= 0.3 is 0 Å². The van der Waals surface area contributed by atoms with Gasteiger partial charge in [0.25, 0.3) is 10.0 Å². The Morgan fingerprint density at radius 1 is 1.40 bits per heavy atom. The van der Waals surface area contributed by atoms with Gasteiger partial charge in [-0.15, -0.1) is 0 Å². The Balaban J connectivity index is 2.46. The molecule has 2 N–H and O–H groups in total. The van der Waals surface area contributed by atoms with E-state index in [0.717, 1.165) is 10.4 Å². The van der Waals surface area contributed by atoms with Crippen LogP contribution >= 0.6 is 15.9 Å². The van der Waals surface area contributed by atoms with E-state index in [-0.39, 0.29) is 21.8 Å². The number of sulfonamides is 1. The standard InChI is InChI=1S/C12H12BrFN2O3S/c1-16(9-4-2-3-8(14)5-9)20(17,18)11-6-10(7-15)19-12(11)13/h2-6H,7,15H2,1H3. The van der Waals surface area contributed by atoms with Gasteiger partial charge in [-0.3, -0.25) is 4.31 Å². The number of furan rings is 1. The van der Waals surface area contributed by atoms with Crippen molar-refractivity contribution < 1.29 is 17.2 Å². The Morgan fingerprint density at radius 3 is 2.65 bits per heavy atom. The van der Waals surface area contributed by atoms with E-state index in [1.165, 1.54) is 31.3 Å². The van der Waals surface area contributed by atoms with Crippen LogP contribution in [0.2, 0.25) is 0 Å². The fraction of sp³-hybridized carbons (Fsp3) is 0.167. The van der Waals surface area contributed by atoms with Crippen LogP contribution < -0.4 is 10.0 Å². The van der Waals surface area contributed by atoms with Crippen LogP contribution in [-0.2, 0) is 16.6 Å². The molecule has 0 spiro atoms. The summed E-state index contributed by atoms with van der Waals surface area (Å²) in [5, 5.41) is 0. The molecule has 0 aliphatic rings. The van der Waals surface area contributed by atoms with Crippen molar-refractivity contribution in [2.24, 2.45) is 5.73 Å². The van der Waals surface area contributed by atoms with Crippen molar-refractivity contribution in [3.8, 4) is 0 Å². The highest BCUT2D eigenvalue weighted by Crippen LogP contribution is 2.30. The quantitative estimate of drug-likeness (QED) is 0.906. The SMILES string of the molecule is CN(c1cccc(F)c1)S(=O)(=O)c1cc(CN)oc1Br. The molecule has 8 heteroatoms. The zero-order valence-electron chi connectivity index (χ0n) is 10.5. The summed E-state index contributed by atoms with van der Waals surface area (Å²) in [6, 6.07) is 6.65. The lowest BCUT2D eigenvalue weighted by atomic mass is 10.3. The monoisotopic (exact) mass is 362 g/mol. The lowest BCUT2D eigenvalue weighted by molar-refractivity contribution is 0.484. The lowest BCUT2D eigenvalue weighted by Gasteiger charge is -2.18. The van der Waals surface area contributed by atoms with Crippen LogP contribution in [0.4, 0.5) is 10.1 Å². The molecule has 20 heavy (non-hydrogen) atoms. The average molecular weight is 363 g/mol. The van der Waals surface area contributed by atoms with Crippen molar-refractivity contribution in [3.63, 3.8) is 0 Å². The molecule has 0 bridgehead atoms. The normalized spacial score (nSPS) is 11.6. The van der Waals surface area contributed by atoms with Gasteiger partial charge in [-0.25, -0.2) is 12.8 Å². The van der Waals surface area contributed by atoms with Crippen LogP contribution in [-0.4, -0.2) is 15.5 Å². The smallest absolute Gasteiger partial charge is 0.268 e. The molecule has 0 unspecified atom stereocenters. The van der Waals surface area contributed by atoms with Gasteiger partial charge < -0.3 is 10.2 Å². The van der Waals surface area contributed by atoms with Gasteiger partial charge in [-0.2, -0.15) is 0 Å². The topological polar surface area (TPSA) is 76.5 Å². The molecule has 1 heterocycles. The first-order valence-electron chi connectivity index (χ1n) is 5.59.